The summed E-state index contributed by atoms with van der Waals surface area (Å²) in [7, 11) is 0. The summed E-state index contributed by atoms with van der Waals surface area (Å²) in [5.74, 6) is 0.133. The molecule has 0 fully saturated rings. The molecule has 0 aromatic heterocycles. The SMILES string of the molecule is CSc1cccc(C(NCc2ccccc2)C2=C(C)c3ccccc3C2=O)c1. The highest BCUT2D eigenvalue weighted by Gasteiger charge is 2.32. The molecule has 2 nitrogen and oxygen atoms in total. The maximum atomic E-state index is 13.3. The van der Waals surface area contributed by atoms with Crippen LogP contribution in [0.3, 0.4) is 0 Å². The van der Waals surface area contributed by atoms with Crippen LogP contribution in [0.15, 0.2) is 89.3 Å². The Morgan fingerprint density at radius 2 is 1.61 bits per heavy atom. The van der Waals surface area contributed by atoms with Gasteiger partial charge in [0.2, 0.25) is 0 Å². The van der Waals surface area contributed by atoms with Gasteiger partial charge < -0.3 is 5.32 Å². The molecule has 0 radical (unpaired) electrons. The third-order valence-electron chi connectivity index (χ3n) is 5.29. The van der Waals surface area contributed by atoms with Gasteiger partial charge in [0.05, 0.1) is 6.04 Å². The lowest BCUT2D eigenvalue weighted by atomic mass is 9.94. The minimum atomic E-state index is -0.146. The predicted octanol–water partition coefficient (Wildman–Crippen LogP) is 5.91. The summed E-state index contributed by atoms with van der Waals surface area (Å²) in [6.45, 7) is 2.77. The summed E-state index contributed by atoms with van der Waals surface area (Å²) in [5, 5.41) is 3.65. The van der Waals surface area contributed by atoms with Crippen molar-refractivity contribution in [3.8, 4) is 0 Å². The number of fused-ring (bicyclic) bond motifs is 1. The van der Waals surface area contributed by atoms with Crippen molar-refractivity contribution in [3.63, 3.8) is 0 Å². The Morgan fingerprint density at radius 3 is 2.32 bits per heavy atom. The van der Waals surface area contributed by atoms with Crippen LogP contribution < -0.4 is 5.32 Å². The van der Waals surface area contributed by atoms with Gasteiger partial charge in [0.1, 0.15) is 0 Å². The molecule has 0 bridgehead atoms. The van der Waals surface area contributed by atoms with Gasteiger partial charge in [0.25, 0.3) is 0 Å². The Kier molecular flexibility index (Phi) is 5.47. The fourth-order valence-electron chi connectivity index (χ4n) is 3.84. The van der Waals surface area contributed by atoms with Crippen LogP contribution in [0.2, 0.25) is 0 Å². The van der Waals surface area contributed by atoms with Crippen LogP contribution in [0.4, 0.5) is 0 Å². The number of rotatable bonds is 6. The van der Waals surface area contributed by atoms with Crippen molar-refractivity contribution >= 4 is 23.1 Å². The van der Waals surface area contributed by atoms with Gasteiger partial charge in [0, 0.05) is 22.6 Å². The lowest BCUT2D eigenvalue weighted by molar-refractivity contribution is 0.102. The molecule has 1 N–H and O–H groups in total. The first kappa shape index (κ1) is 18.7. The predicted molar refractivity (Wildman–Crippen MR) is 118 cm³/mol. The van der Waals surface area contributed by atoms with Crippen LogP contribution >= 0.6 is 11.8 Å². The second-order valence-corrected chi connectivity index (χ2v) is 7.87. The molecule has 3 aromatic rings. The van der Waals surface area contributed by atoms with Crippen molar-refractivity contribution in [3.05, 3.63) is 107 Å². The summed E-state index contributed by atoms with van der Waals surface area (Å²) >= 11 is 1.72. The molecule has 1 atom stereocenters. The number of hydrogen-bond donors (Lipinski definition) is 1. The first-order valence-electron chi connectivity index (χ1n) is 9.45. The van der Waals surface area contributed by atoms with Crippen LogP contribution in [-0.2, 0) is 6.54 Å². The van der Waals surface area contributed by atoms with E-state index in [4.69, 9.17) is 0 Å². The first-order valence-corrected chi connectivity index (χ1v) is 10.7. The third-order valence-corrected chi connectivity index (χ3v) is 6.02. The van der Waals surface area contributed by atoms with Crippen LogP contribution in [-0.4, -0.2) is 12.0 Å². The standard InChI is InChI=1S/C25H23NOS/c1-17-21-13-6-7-14-22(21)25(27)23(17)24(19-11-8-12-20(15-19)28-2)26-16-18-9-4-3-5-10-18/h3-15,24,26H,16H2,1-2H3. The number of thioether (sulfide) groups is 1. The van der Waals surface area contributed by atoms with Crippen molar-refractivity contribution in [2.75, 3.05) is 6.26 Å². The fraction of sp³-hybridized carbons (Fsp3) is 0.160. The molecule has 3 heteroatoms. The van der Waals surface area contributed by atoms with Gasteiger partial charge in [-0.2, -0.15) is 0 Å². The molecule has 0 heterocycles. The van der Waals surface area contributed by atoms with Gasteiger partial charge in [-0.1, -0.05) is 66.7 Å². The van der Waals surface area contributed by atoms with E-state index in [0.717, 1.165) is 27.8 Å². The zero-order valence-electron chi connectivity index (χ0n) is 16.1. The quantitative estimate of drug-likeness (QED) is 0.535. The fourth-order valence-corrected chi connectivity index (χ4v) is 4.31. The molecule has 1 aliphatic rings. The number of Topliss-reactive ketones (excluding diaryl/α,β-unsaturated/α-hetero) is 1. The summed E-state index contributed by atoms with van der Waals surface area (Å²) in [6, 6.07) is 26.6. The number of benzene rings is 3. The van der Waals surface area contributed by atoms with E-state index < -0.39 is 0 Å². The largest absolute Gasteiger partial charge is 0.302 e. The summed E-state index contributed by atoms with van der Waals surface area (Å²) in [4.78, 5) is 14.5. The van der Waals surface area contributed by atoms with E-state index in [1.807, 2.05) is 42.5 Å². The van der Waals surface area contributed by atoms with E-state index in [1.54, 1.807) is 11.8 Å². The van der Waals surface area contributed by atoms with Gasteiger partial charge in [0.15, 0.2) is 5.78 Å². The molecule has 1 aliphatic carbocycles. The molecule has 0 saturated carbocycles. The Balaban J connectivity index is 1.75. The average Bonchev–Trinajstić information content (AvgIpc) is 3.00. The van der Waals surface area contributed by atoms with E-state index in [2.05, 4.69) is 54.9 Å². The molecule has 4 rings (SSSR count). The van der Waals surface area contributed by atoms with Gasteiger partial charge >= 0.3 is 0 Å². The molecule has 28 heavy (non-hydrogen) atoms. The second-order valence-electron chi connectivity index (χ2n) is 6.99. The average molecular weight is 386 g/mol. The second kappa shape index (κ2) is 8.17. The minimum Gasteiger partial charge on any atom is -0.302 e. The third kappa shape index (κ3) is 3.56. The van der Waals surface area contributed by atoms with E-state index in [0.29, 0.717) is 6.54 Å². The van der Waals surface area contributed by atoms with Crippen molar-refractivity contribution in [1.82, 2.24) is 5.32 Å². The molecular formula is C25H23NOS. The Labute approximate surface area is 170 Å². The summed E-state index contributed by atoms with van der Waals surface area (Å²) in [5.41, 5.74) is 6.11. The lowest BCUT2D eigenvalue weighted by Gasteiger charge is -2.22. The smallest absolute Gasteiger partial charge is 0.191 e. The first-order chi connectivity index (χ1) is 13.7. The van der Waals surface area contributed by atoms with Crippen LogP contribution in [0.25, 0.3) is 5.57 Å². The highest BCUT2D eigenvalue weighted by Crippen LogP contribution is 2.39. The molecule has 3 aromatic carbocycles. The summed E-state index contributed by atoms with van der Waals surface area (Å²) < 4.78 is 0. The van der Waals surface area contributed by atoms with Crippen molar-refractivity contribution in [2.24, 2.45) is 0 Å². The minimum absolute atomic E-state index is 0.133. The van der Waals surface area contributed by atoms with Gasteiger partial charge in [-0.3, -0.25) is 4.79 Å². The van der Waals surface area contributed by atoms with Gasteiger partial charge in [-0.25, -0.2) is 0 Å². The van der Waals surface area contributed by atoms with E-state index in [9.17, 15) is 4.79 Å². The zero-order chi connectivity index (χ0) is 19.5. The van der Waals surface area contributed by atoms with Crippen molar-refractivity contribution in [2.45, 2.75) is 24.4 Å². The number of allylic oxidation sites excluding steroid dienone is 1. The normalized spacial score (nSPS) is 14.3. The molecule has 140 valence electrons. The number of nitrogens with one attached hydrogen (secondary N) is 1. The Morgan fingerprint density at radius 1 is 0.893 bits per heavy atom. The van der Waals surface area contributed by atoms with Crippen LogP contribution in [0.5, 0.6) is 0 Å². The zero-order valence-corrected chi connectivity index (χ0v) is 16.9. The molecule has 0 spiro atoms. The molecular weight excluding hydrogens is 362 g/mol. The Bertz CT molecular complexity index is 1040. The number of ketones is 1. The van der Waals surface area contributed by atoms with Gasteiger partial charge in [-0.05, 0) is 47.6 Å². The monoisotopic (exact) mass is 385 g/mol. The van der Waals surface area contributed by atoms with Crippen molar-refractivity contribution < 1.29 is 4.79 Å². The molecule has 1 unspecified atom stereocenters. The topological polar surface area (TPSA) is 29.1 Å². The van der Waals surface area contributed by atoms with E-state index in [-0.39, 0.29) is 11.8 Å². The van der Waals surface area contributed by atoms with Gasteiger partial charge in [-0.15, -0.1) is 11.8 Å². The van der Waals surface area contributed by atoms with E-state index >= 15 is 0 Å². The lowest BCUT2D eigenvalue weighted by Crippen LogP contribution is -2.25. The van der Waals surface area contributed by atoms with Crippen LogP contribution in [0, 0.1) is 0 Å². The maximum Gasteiger partial charge on any atom is 0.191 e. The van der Waals surface area contributed by atoms with Crippen LogP contribution in [0.1, 0.15) is 40.0 Å². The Hall–Kier alpha value is -2.62. The number of hydrogen-bond acceptors (Lipinski definition) is 3. The van der Waals surface area contributed by atoms with E-state index in [1.165, 1.54) is 10.5 Å². The molecule has 0 amide bonds. The van der Waals surface area contributed by atoms with Crippen molar-refractivity contribution in [1.29, 1.82) is 0 Å². The maximum absolute atomic E-state index is 13.3. The molecule has 0 saturated heterocycles. The molecule has 0 aliphatic heterocycles. The number of carbonyl (C=O) groups is 1. The number of carbonyl (C=O) groups excluding carboxylic acids is 1. The highest BCUT2D eigenvalue weighted by atomic mass is 32.2. The highest BCUT2D eigenvalue weighted by molar-refractivity contribution is 7.98. The summed E-state index contributed by atoms with van der Waals surface area (Å²) in [6.07, 6.45) is 2.08.